The first-order valence-corrected chi connectivity index (χ1v) is 5.81. The molecule has 0 bridgehead atoms. The summed E-state index contributed by atoms with van der Waals surface area (Å²) in [4.78, 5) is 0. The highest BCUT2D eigenvalue weighted by Gasteiger charge is 2.05. The van der Waals surface area contributed by atoms with E-state index in [0.29, 0.717) is 18.5 Å². The lowest BCUT2D eigenvalue weighted by atomic mass is 10.2. The number of aliphatic hydroxyl groups excluding tert-OH is 1. The fourth-order valence-electron chi connectivity index (χ4n) is 1.42. The molecule has 0 amide bonds. The Kier molecular flexibility index (Phi) is 4.27. The van der Waals surface area contributed by atoms with Gasteiger partial charge in [-0.15, -0.1) is 5.10 Å². The second kappa shape index (κ2) is 6.13. The third kappa shape index (κ3) is 3.28. The average molecular weight is 248 g/mol. The van der Waals surface area contributed by atoms with Crippen LogP contribution in [0.2, 0.25) is 0 Å². The maximum absolute atomic E-state index is 8.94. The fraction of sp³-hybridized carbons (Fsp3) is 0.333. The molecule has 0 aliphatic carbocycles. The maximum atomic E-state index is 8.94. The van der Waals surface area contributed by atoms with Gasteiger partial charge >= 0.3 is 6.01 Å². The van der Waals surface area contributed by atoms with Crippen LogP contribution in [0, 0.1) is 0 Å². The van der Waals surface area contributed by atoms with Crippen molar-refractivity contribution in [2.45, 2.75) is 20.1 Å². The third-order valence-electron chi connectivity index (χ3n) is 2.38. The Morgan fingerprint density at radius 1 is 1.22 bits per heavy atom. The van der Waals surface area contributed by atoms with Crippen LogP contribution in [0.4, 0.5) is 11.7 Å². The molecule has 2 rings (SSSR count). The van der Waals surface area contributed by atoms with E-state index in [9.17, 15) is 0 Å². The summed E-state index contributed by atoms with van der Waals surface area (Å²) < 4.78 is 5.40. The number of benzene rings is 1. The second-order valence-electron chi connectivity index (χ2n) is 3.76. The lowest BCUT2D eigenvalue weighted by Crippen LogP contribution is -2.11. The van der Waals surface area contributed by atoms with Crippen molar-refractivity contribution in [2.75, 3.05) is 11.9 Å². The normalized spacial score (nSPS) is 10.6. The first-order valence-electron chi connectivity index (χ1n) is 5.81. The second-order valence-corrected chi connectivity index (χ2v) is 3.76. The van der Waals surface area contributed by atoms with Gasteiger partial charge in [-0.25, -0.2) is 0 Å². The molecule has 0 unspecified atom stereocenters. The summed E-state index contributed by atoms with van der Waals surface area (Å²) in [5.74, 6) is 0.548. The van der Waals surface area contributed by atoms with Crippen LogP contribution in [-0.4, -0.2) is 21.8 Å². The van der Waals surface area contributed by atoms with Gasteiger partial charge < -0.3 is 20.2 Å². The standard InChI is InChI=1S/C12H16N4O2/c1-2-13-7-11-15-16-12(18-11)14-10-5-3-9(8-17)4-6-10/h3-6,13,17H,2,7-8H2,1H3,(H,14,16). The summed E-state index contributed by atoms with van der Waals surface area (Å²) in [6.45, 7) is 3.47. The van der Waals surface area contributed by atoms with Crippen LogP contribution in [0.3, 0.4) is 0 Å². The minimum atomic E-state index is 0.0354. The Bertz CT molecular complexity index is 481. The smallest absolute Gasteiger partial charge is 0.320 e. The number of aliphatic hydroxyl groups is 1. The molecule has 6 heteroatoms. The van der Waals surface area contributed by atoms with Gasteiger partial charge in [-0.3, -0.25) is 0 Å². The van der Waals surface area contributed by atoms with Gasteiger partial charge in [0.05, 0.1) is 13.2 Å². The Labute approximate surface area is 105 Å². The average Bonchev–Trinajstić information content (AvgIpc) is 2.85. The van der Waals surface area contributed by atoms with Crippen molar-refractivity contribution in [1.29, 1.82) is 0 Å². The first kappa shape index (κ1) is 12.5. The molecule has 6 nitrogen and oxygen atoms in total. The summed E-state index contributed by atoms with van der Waals surface area (Å²) in [5, 5.41) is 22.8. The first-order chi connectivity index (χ1) is 8.81. The van der Waals surface area contributed by atoms with E-state index in [-0.39, 0.29) is 6.61 Å². The minimum Gasteiger partial charge on any atom is -0.406 e. The SMILES string of the molecule is CCNCc1nnc(Nc2ccc(CO)cc2)o1. The lowest BCUT2D eigenvalue weighted by Gasteiger charge is -2.01. The van der Waals surface area contributed by atoms with Gasteiger partial charge in [0.25, 0.3) is 0 Å². The summed E-state index contributed by atoms with van der Waals surface area (Å²) in [5.41, 5.74) is 1.70. The summed E-state index contributed by atoms with van der Waals surface area (Å²) in [6, 6.07) is 7.72. The molecule has 0 atom stereocenters. The number of aromatic nitrogens is 2. The van der Waals surface area contributed by atoms with Crippen LogP contribution in [-0.2, 0) is 13.2 Å². The van der Waals surface area contributed by atoms with Gasteiger partial charge in [0.15, 0.2) is 0 Å². The monoisotopic (exact) mass is 248 g/mol. The van der Waals surface area contributed by atoms with E-state index in [2.05, 4.69) is 20.8 Å². The molecule has 2 aromatic rings. The zero-order chi connectivity index (χ0) is 12.8. The molecule has 0 aliphatic rings. The van der Waals surface area contributed by atoms with Crippen LogP contribution < -0.4 is 10.6 Å². The number of hydrogen-bond donors (Lipinski definition) is 3. The Morgan fingerprint density at radius 3 is 2.67 bits per heavy atom. The van der Waals surface area contributed by atoms with Crippen LogP contribution >= 0.6 is 0 Å². The molecule has 0 fully saturated rings. The molecular formula is C12H16N4O2. The highest BCUT2D eigenvalue weighted by atomic mass is 16.4. The van der Waals surface area contributed by atoms with Gasteiger partial charge in [0, 0.05) is 5.69 Å². The van der Waals surface area contributed by atoms with E-state index in [0.717, 1.165) is 17.8 Å². The van der Waals surface area contributed by atoms with Crippen molar-refractivity contribution < 1.29 is 9.52 Å². The number of nitrogens with zero attached hydrogens (tertiary/aromatic N) is 2. The Balaban J connectivity index is 1.97. The van der Waals surface area contributed by atoms with E-state index in [1.54, 1.807) is 0 Å². The molecule has 0 spiro atoms. The molecule has 0 saturated carbocycles. The topological polar surface area (TPSA) is 83.2 Å². The van der Waals surface area contributed by atoms with Crippen molar-refractivity contribution in [1.82, 2.24) is 15.5 Å². The van der Waals surface area contributed by atoms with Crippen molar-refractivity contribution in [3.8, 4) is 0 Å². The van der Waals surface area contributed by atoms with Gasteiger partial charge in [-0.2, -0.15) is 0 Å². The van der Waals surface area contributed by atoms with E-state index < -0.39 is 0 Å². The highest BCUT2D eigenvalue weighted by Crippen LogP contribution is 2.15. The summed E-state index contributed by atoms with van der Waals surface area (Å²) >= 11 is 0. The largest absolute Gasteiger partial charge is 0.406 e. The molecule has 1 heterocycles. The third-order valence-corrected chi connectivity index (χ3v) is 2.38. The van der Waals surface area contributed by atoms with Crippen molar-refractivity contribution in [2.24, 2.45) is 0 Å². The molecular weight excluding hydrogens is 232 g/mol. The molecule has 1 aromatic heterocycles. The number of anilines is 2. The molecule has 0 saturated heterocycles. The van der Waals surface area contributed by atoms with Crippen molar-refractivity contribution in [3.05, 3.63) is 35.7 Å². The fourth-order valence-corrected chi connectivity index (χ4v) is 1.42. The number of rotatable bonds is 6. The van der Waals surface area contributed by atoms with Crippen LogP contribution in [0.1, 0.15) is 18.4 Å². The quantitative estimate of drug-likeness (QED) is 0.717. The molecule has 0 aliphatic heterocycles. The zero-order valence-corrected chi connectivity index (χ0v) is 10.2. The Morgan fingerprint density at radius 2 is 2.00 bits per heavy atom. The molecule has 1 aromatic carbocycles. The van der Waals surface area contributed by atoms with Crippen LogP contribution in [0.5, 0.6) is 0 Å². The molecule has 18 heavy (non-hydrogen) atoms. The van der Waals surface area contributed by atoms with Gasteiger partial charge in [-0.1, -0.05) is 24.2 Å². The predicted octanol–water partition coefficient (Wildman–Crippen LogP) is 1.42. The van der Waals surface area contributed by atoms with E-state index in [4.69, 9.17) is 9.52 Å². The highest BCUT2D eigenvalue weighted by molar-refractivity contribution is 5.52. The van der Waals surface area contributed by atoms with Crippen molar-refractivity contribution in [3.63, 3.8) is 0 Å². The molecule has 3 N–H and O–H groups in total. The lowest BCUT2D eigenvalue weighted by molar-refractivity contribution is 0.282. The number of nitrogens with one attached hydrogen (secondary N) is 2. The van der Waals surface area contributed by atoms with Gasteiger partial charge in [0.2, 0.25) is 5.89 Å². The zero-order valence-electron chi connectivity index (χ0n) is 10.2. The summed E-state index contributed by atoms with van der Waals surface area (Å²) in [7, 11) is 0. The minimum absolute atomic E-state index is 0.0354. The van der Waals surface area contributed by atoms with E-state index in [1.165, 1.54) is 0 Å². The molecule has 0 radical (unpaired) electrons. The van der Waals surface area contributed by atoms with E-state index in [1.807, 2.05) is 31.2 Å². The van der Waals surface area contributed by atoms with Crippen LogP contribution in [0.15, 0.2) is 28.7 Å². The van der Waals surface area contributed by atoms with Crippen molar-refractivity contribution >= 4 is 11.7 Å². The molecule has 96 valence electrons. The van der Waals surface area contributed by atoms with Crippen LogP contribution in [0.25, 0.3) is 0 Å². The Hall–Kier alpha value is -1.92. The maximum Gasteiger partial charge on any atom is 0.320 e. The van der Waals surface area contributed by atoms with E-state index >= 15 is 0 Å². The predicted molar refractivity (Wildman–Crippen MR) is 67.3 cm³/mol. The van der Waals surface area contributed by atoms with Gasteiger partial charge in [-0.05, 0) is 24.2 Å². The van der Waals surface area contributed by atoms with Gasteiger partial charge in [0.1, 0.15) is 0 Å². The summed E-state index contributed by atoms with van der Waals surface area (Å²) in [6.07, 6.45) is 0. The number of hydrogen-bond acceptors (Lipinski definition) is 6.